The first-order valence-electron chi connectivity index (χ1n) is 6.82. The molecule has 1 aliphatic carbocycles. The van der Waals surface area contributed by atoms with Gasteiger partial charge in [-0.2, -0.15) is 0 Å². The van der Waals surface area contributed by atoms with Crippen LogP contribution in [-0.2, 0) is 11.2 Å². The van der Waals surface area contributed by atoms with Crippen LogP contribution in [0, 0.1) is 0 Å². The van der Waals surface area contributed by atoms with E-state index in [-0.39, 0.29) is 12.3 Å². The van der Waals surface area contributed by atoms with Crippen LogP contribution in [0.15, 0.2) is 24.3 Å². The molecule has 4 heteroatoms. The summed E-state index contributed by atoms with van der Waals surface area (Å²) in [5.74, 6) is -0.0906. The van der Waals surface area contributed by atoms with Gasteiger partial charge in [0, 0.05) is 11.6 Å². The highest BCUT2D eigenvalue weighted by Gasteiger charge is 2.29. The molecule has 1 aliphatic rings. The van der Waals surface area contributed by atoms with E-state index in [1.54, 1.807) is 6.07 Å². The smallest absolute Gasteiger partial charge is 0.224 e. The van der Waals surface area contributed by atoms with Crippen LogP contribution in [-0.4, -0.2) is 23.2 Å². The number of nitrogens with one attached hydrogen (secondary N) is 1. The molecule has 1 saturated carbocycles. The van der Waals surface area contributed by atoms with E-state index < -0.39 is 5.60 Å². The van der Waals surface area contributed by atoms with Crippen molar-refractivity contribution < 1.29 is 9.90 Å². The van der Waals surface area contributed by atoms with E-state index in [0.29, 0.717) is 11.6 Å². The minimum absolute atomic E-state index is 0.0906. The van der Waals surface area contributed by atoms with Crippen molar-refractivity contribution in [2.45, 2.75) is 44.1 Å². The fourth-order valence-electron chi connectivity index (χ4n) is 2.53. The Morgan fingerprint density at radius 2 is 1.95 bits per heavy atom. The van der Waals surface area contributed by atoms with E-state index in [4.69, 9.17) is 11.6 Å². The predicted molar refractivity (Wildman–Crippen MR) is 76.2 cm³/mol. The molecule has 1 aromatic carbocycles. The number of amides is 1. The summed E-state index contributed by atoms with van der Waals surface area (Å²) in [7, 11) is 0. The molecule has 2 rings (SSSR count). The van der Waals surface area contributed by atoms with Gasteiger partial charge in [-0.3, -0.25) is 4.79 Å². The first-order chi connectivity index (χ1) is 9.09. The van der Waals surface area contributed by atoms with E-state index in [9.17, 15) is 9.90 Å². The summed E-state index contributed by atoms with van der Waals surface area (Å²) in [5, 5.41) is 13.7. The van der Waals surface area contributed by atoms with E-state index in [1.807, 2.05) is 18.2 Å². The number of carbonyl (C=O) groups excluding carboxylic acids is 1. The van der Waals surface area contributed by atoms with Crippen molar-refractivity contribution in [3.8, 4) is 0 Å². The lowest BCUT2D eigenvalue weighted by Gasteiger charge is -2.32. The van der Waals surface area contributed by atoms with E-state index in [2.05, 4.69) is 5.32 Å². The Morgan fingerprint density at radius 3 is 2.63 bits per heavy atom. The van der Waals surface area contributed by atoms with Crippen LogP contribution in [0.1, 0.15) is 37.7 Å². The average molecular weight is 282 g/mol. The van der Waals surface area contributed by atoms with Crippen LogP contribution < -0.4 is 5.32 Å². The molecule has 0 bridgehead atoms. The highest BCUT2D eigenvalue weighted by atomic mass is 35.5. The number of halogens is 1. The highest BCUT2D eigenvalue weighted by molar-refractivity contribution is 6.31. The Hall–Kier alpha value is -1.06. The summed E-state index contributed by atoms with van der Waals surface area (Å²) in [6, 6.07) is 7.33. The Kier molecular flexibility index (Phi) is 4.83. The van der Waals surface area contributed by atoms with Gasteiger partial charge < -0.3 is 10.4 Å². The Labute approximate surface area is 119 Å². The van der Waals surface area contributed by atoms with Gasteiger partial charge >= 0.3 is 0 Å². The molecule has 1 aromatic rings. The maximum absolute atomic E-state index is 11.9. The molecule has 2 N–H and O–H groups in total. The molecule has 104 valence electrons. The molecular weight excluding hydrogens is 262 g/mol. The molecule has 0 atom stereocenters. The third-order valence-electron chi connectivity index (χ3n) is 3.71. The minimum Gasteiger partial charge on any atom is -0.388 e. The van der Waals surface area contributed by atoms with Gasteiger partial charge in [0.05, 0.1) is 12.0 Å². The third-order valence-corrected chi connectivity index (χ3v) is 4.08. The molecule has 0 aromatic heterocycles. The van der Waals surface area contributed by atoms with E-state index in [0.717, 1.165) is 31.2 Å². The normalized spacial score (nSPS) is 18.0. The molecule has 1 amide bonds. The second-order valence-electron chi connectivity index (χ2n) is 5.33. The van der Waals surface area contributed by atoms with Gasteiger partial charge in [-0.25, -0.2) is 0 Å². The zero-order valence-electron chi connectivity index (χ0n) is 11.0. The standard InChI is InChI=1S/C15H20ClNO2/c16-13-7-3-2-6-12(13)10-14(18)17-11-15(19)8-4-1-5-9-15/h2-3,6-7,19H,1,4-5,8-11H2,(H,17,18). The van der Waals surface area contributed by atoms with Gasteiger partial charge in [0.15, 0.2) is 0 Å². The molecule has 0 saturated heterocycles. The average Bonchev–Trinajstić information content (AvgIpc) is 2.40. The molecule has 0 aliphatic heterocycles. The Morgan fingerprint density at radius 1 is 1.26 bits per heavy atom. The summed E-state index contributed by atoms with van der Waals surface area (Å²) in [4.78, 5) is 11.9. The maximum Gasteiger partial charge on any atom is 0.224 e. The first-order valence-corrected chi connectivity index (χ1v) is 7.19. The Bertz CT molecular complexity index is 442. The Balaban J connectivity index is 1.83. The lowest BCUT2D eigenvalue weighted by molar-refractivity contribution is -0.122. The van der Waals surface area contributed by atoms with Crippen LogP contribution in [0.3, 0.4) is 0 Å². The van der Waals surface area contributed by atoms with Crippen LogP contribution in [0.5, 0.6) is 0 Å². The lowest BCUT2D eigenvalue weighted by Crippen LogP contribution is -2.44. The van der Waals surface area contributed by atoms with Crippen LogP contribution in [0.4, 0.5) is 0 Å². The molecule has 0 heterocycles. The number of hydrogen-bond acceptors (Lipinski definition) is 2. The fourth-order valence-corrected chi connectivity index (χ4v) is 2.73. The number of rotatable bonds is 4. The van der Waals surface area contributed by atoms with Gasteiger partial charge in [0.25, 0.3) is 0 Å². The van der Waals surface area contributed by atoms with Crippen molar-refractivity contribution in [1.82, 2.24) is 5.32 Å². The number of hydrogen-bond donors (Lipinski definition) is 2. The van der Waals surface area contributed by atoms with Crippen LogP contribution in [0.25, 0.3) is 0 Å². The summed E-state index contributed by atoms with van der Waals surface area (Å²) in [6.07, 6.45) is 5.07. The third kappa shape index (κ3) is 4.22. The van der Waals surface area contributed by atoms with E-state index >= 15 is 0 Å². The van der Waals surface area contributed by atoms with Gasteiger partial charge in [-0.05, 0) is 24.5 Å². The quantitative estimate of drug-likeness (QED) is 0.891. The van der Waals surface area contributed by atoms with Crippen molar-refractivity contribution in [3.63, 3.8) is 0 Å². The molecular formula is C15H20ClNO2. The number of aliphatic hydroxyl groups is 1. The van der Waals surface area contributed by atoms with Crippen molar-refractivity contribution in [2.75, 3.05) is 6.54 Å². The topological polar surface area (TPSA) is 49.3 Å². The van der Waals surface area contributed by atoms with E-state index in [1.165, 1.54) is 6.42 Å². The van der Waals surface area contributed by atoms with Crippen molar-refractivity contribution >= 4 is 17.5 Å². The van der Waals surface area contributed by atoms with Gasteiger partial charge in [-0.15, -0.1) is 0 Å². The van der Waals surface area contributed by atoms with Gasteiger partial charge in [0.1, 0.15) is 0 Å². The maximum atomic E-state index is 11.9. The summed E-state index contributed by atoms with van der Waals surface area (Å²) < 4.78 is 0. The van der Waals surface area contributed by atoms with Crippen LogP contribution in [0.2, 0.25) is 5.02 Å². The number of benzene rings is 1. The molecule has 3 nitrogen and oxygen atoms in total. The second kappa shape index (κ2) is 6.40. The SMILES string of the molecule is O=C(Cc1ccccc1Cl)NCC1(O)CCCCC1. The minimum atomic E-state index is -0.714. The highest BCUT2D eigenvalue weighted by Crippen LogP contribution is 2.27. The molecule has 1 fully saturated rings. The van der Waals surface area contributed by atoms with Gasteiger partial charge in [0.2, 0.25) is 5.91 Å². The summed E-state index contributed by atoms with van der Waals surface area (Å²) in [5.41, 5.74) is 0.103. The molecule has 0 unspecified atom stereocenters. The van der Waals surface area contributed by atoms with Crippen LogP contribution >= 0.6 is 11.6 Å². The van der Waals surface area contributed by atoms with Crippen molar-refractivity contribution in [3.05, 3.63) is 34.9 Å². The predicted octanol–water partition coefficient (Wildman–Crippen LogP) is 2.69. The van der Waals surface area contributed by atoms with Crippen molar-refractivity contribution in [2.24, 2.45) is 0 Å². The van der Waals surface area contributed by atoms with Gasteiger partial charge in [-0.1, -0.05) is 49.1 Å². The number of carbonyl (C=O) groups is 1. The first kappa shape index (κ1) is 14.4. The largest absolute Gasteiger partial charge is 0.388 e. The summed E-state index contributed by atoms with van der Waals surface area (Å²) >= 11 is 6.02. The molecule has 19 heavy (non-hydrogen) atoms. The fraction of sp³-hybridized carbons (Fsp3) is 0.533. The zero-order chi connectivity index (χ0) is 13.7. The lowest BCUT2D eigenvalue weighted by atomic mass is 9.85. The van der Waals surface area contributed by atoms with Crippen molar-refractivity contribution in [1.29, 1.82) is 0 Å². The summed E-state index contributed by atoms with van der Waals surface area (Å²) in [6.45, 7) is 0.344. The molecule has 0 spiro atoms. The molecule has 0 radical (unpaired) electrons. The zero-order valence-corrected chi connectivity index (χ0v) is 11.7. The monoisotopic (exact) mass is 281 g/mol. The second-order valence-corrected chi connectivity index (χ2v) is 5.74.